The first-order valence-electron chi connectivity index (χ1n) is 15.5. The fraction of sp³-hybridized carbons (Fsp3) is 0.424. The highest BCUT2D eigenvalue weighted by Gasteiger charge is 2.32. The first-order valence-corrected chi connectivity index (χ1v) is 15.5. The van der Waals surface area contributed by atoms with E-state index in [1.54, 1.807) is 26.8 Å². The largest absolute Gasteiger partial charge is 0.503 e. The molecule has 4 atom stereocenters. The van der Waals surface area contributed by atoms with Gasteiger partial charge in [-0.05, 0) is 67.5 Å². The number of fused-ring (bicyclic) bond motifs is 1. The Hall–Kier alpha value is -4.85. The van der Waals surface area contributed by atoms with Crippen LogP contribution in [0, 0.1) is 17.6 Å². The molecular weight excluding hydrogens is 612 g/mol. The number of carbonyl (C=O) groups is 3. The number of ether oxygens (including phenoxy) is 1. The van der Waals surface area contributed by atoms with E-state index in [9.17, 15) is 28.3 Å². The highest BCUT2D eigenvalue weighted by atomic mass is 19.1. The van der Waals surface area contributed by atoms with Crippen molar-refractivity contribution in [3.05, 3.63) is 77.6 Å². The van der Waals surface area contributed by atoms with Gasteiger partial charge in [0.2, 0.25) is 23.7 Å². The molecule has 4 rings (SSSR count). The second-order valence-electron chi connectivity index (χ2n) is 11.8. The molecule has 0 saturated heterocycles. The second kappa shape index (κ2) is 16.6. The van der Waals surface area contributed by atoms with Gasteiger partial charge in [-0.1, -0.05) is 32.0 Å². The summed E-state index contributed by atoms with van der Waals surface area (Å²) >= 11 is 0. The van der Waals surface area contributed by atoms with Gasteiger partial charge in [0.05, 0.1) is 6.04 Å². The molecule has 2 heterocycles. The topological polar surface area (TPSA) is 167 Å². The molecule has 3 amide bonds. The van der Waals surface area contributed by atoms with Crippen molar-refractivity contribution in [2.75, 3.05) is 25.0 Å². The number of hydrogen-bond acceptors (Lipinski definition) is 9. The summed E-state index contributed by atoms with van der Waals surface area (Å²) in [7, 11) is 0. The fourth-order valence-electron chi connectivity index (χ4n) is 5.11. The minimum Gasteiger partial charge on any atom is -0.503 e. The number of halogens is 2. The van der Waals surface area contributed by atoms with Crippen molar-refractivity contribution in [3.8, 4) is 11.5 Å². The number of benzene rings is 2. The zero-order valence-corrected chi connectivity index (χ0v) is 26.6. The number of nitrogens with zero attached hydrogens (tertiary/aromatic N) is 2. The Kier molecular flexibility index (Phi) is 12.4. The summed E-state index contributed by atoms with van der Waals surface area (Å²) in [4.78, 5) is 48.9. The molecule has 0 unspecified atom stereocenters. The summed E-state index contributed by atoms with van der Waals surface area (Å²) in [5.41, 5.74) is 1.04. The molecule has 0 fully saturated rings. The van der Waals surface area contributed by atoms with Gasteiger partial charge in [-0.2, -0.15) is 0 Å². The number of hydrogen-bond donors (Lipinski definition) is 6. The van der Waals surface area contributed by atoms with Crippen LogP contribution in [0.3, 0.4) is 0 Å². The molecule has 252 valence electrons. The van der Waals surface area contributed by atoms with E-state index < -0.39 is 65.2 Å². The zero-order valence-electron chi connectivity index (χ0n) is 26.6. The Bertz CT molecular complexity index is 1510. The van der Waals surface area contributed by atoms with Crippen LogP contribution in [0.1, 0.15) is 38.3 Å². The number of phenols is 1. The third-order valence-corrected chi connectivity index (χ3v) is 7.61. The maximum atomic E-state index is 14.2. The van der Waals surface area contributed by atoms with Crippen molar-refractivity contribution in [1.82, 2.24) is 31.2 Å². The van der Waals surface area contributed by atoms with E-state index in [0.29, 0.717) is 25.1 Å². The molecule has 47 heavy (non-hydrogen) atoms. The first-order chi connectivity index (χ1) is 22.5. The number of phenolic OH excluding ortho intramolecular Hbond substituents is 1. The molecular formula is C33H41F2N7O5. The number of anilines is 1. The van der Waals surface area contributed by atoms with Gasteiger partial charge in [-0.25, -0.2) is 18.7 Å². The van der Waals surface area contributed by atoms with Crippen LogP contribution in [0.2, 0.25) is 0 Å². The molecule has 0 spiro atoms. The predicted octanol–water partition coefficient (Wildman–Crippen LogP) is 2.23. The molecule has 1 aromatic heterocycles. The number of nitrogens with one attached hydrogen (secondary N) is 5. The minimum atomic E-state index is -1.16. The van der Waals surface area contributed by atoms with Crippen molar-refractivity contribution in [1.29, 1.82) is 0 Å². The Morgan fingerprint density at radius 3 is 2.38 bits per heavy atom. The summed E-state index contributed by atoms with van der Waals surface area (Å²) < 4.78 is 34.5. The third-order valence-electron chi connectivity index (χ3n) is 7.61. The molecule has 0 saturated carbocycles. The van der Waals surface area contributed by atoms with Crippen LogP contribution in [0.15, 0.2) is 54.9 Å². The van der Waals surface area contributed by atoms with Crippen molar-refractivity contribution in [2.45, 2.75) is 64.2 Å². The zero-order chi connectivity index (χ0) is 33.9. The summed E-state index contributed by atoms with van der Waals surface area (Å²) in [6, 6.07) is 7.46. The van der Waals surface area contributed by atoms with Crippen LogP contribution >= 0.6 is 0 Å². The Labute approximate surface area is 272 Å². The van der Waals surface area contributed by atoms with E-state index >= 15 is 0 Å². The van der Waals surface area contributed by atoms with E-state index in [0.717, 1.165) is 17.7 Å². The monoisotopic (exact) mass is 653 g/mol. The van der Waals surface area contributed by atoms with Gasteiger partial charge in [0.15, 0.2) is 17.4 Å². The van der Waals surface area contributed by atoms with Crippen LogP contribution in [-0.2, 0) is 27.2 Å². The molecule has 12 nitrogen and oxygen atoms in total. The molecule has 6 N–H and O–H groups in total. The van der Waals surface area contributed by atoms with Gasteiger partial charge >= 0.3 is 0 Å². The molecule has 3 aromatic rings. The molecule has 1 aliphatic rings. The number of rotatable bonds is 6. The maximum absolute atomic E-state index is 14.2. The summed E-state index contributed by atoms with van der Waals surface area (Å²) in [6.45, 7) is 5.74. The number of aryl methyl sites for hydroxylation is 1. The lowest BCUT2D eigenvalue weighted by molar-refractivity contribution is -0.133. The SMILES string of the molecule is CC(C)[C@H]1NC(=O)[C@@H](Cc2cc(F)c(O)c(F)c2)N[C@@H](C)COc2ccccc2CCCNC(=O)[C@H](CNc2ncccn2)NC1=O. The van der Waals surface area contributed by atoms with Crippen molar-refractivity contribution in [3.63, 3.8) is 0 Å². The number of carbonyl (C=O) groups excluding carboxylic acids is 3. The lowest BCUT2D eigenvalue weighted by atomic mass is 10.00. The van der Waals surface area contributed by atoms with Gasteiger partial charge in [0, 0.05) is 31.5 Å². The normalized spacial score (nSPS) is 21.7. The van der Waals surface area contributed by atoms with Crippen molar-refractivity contribution >= 4 is 23.7 Å². The fourth-order valence-corrected chi connectivity index (χ4v) is 5.11. The van der Waals surface area contributed by atoms with Crippen molar-refractivity contribution in [2.24, 2.45) is 5.92 Å². The van der Waals surface area contributed by atoms with E-state index in [-0.39, 0.29) is 31.1 Å². The van der Waals surface area contributed by atoms with Crippen LogP contribution in [0.4, 0.5) is 14.7 Å². The number of aromatic hydroxyl groups is 1. The molecule has 1 aliphatic heterocycles. The lowest BCUT2D eigenvalue weighted by Crippen LogP contribution is -2.60. The highest BCUT2D eigenvalue weighted by molar-refractivity contribution is 5.93. The van der Waals surface area contributed by atoms with Gasteiger partial charge in [0.25, 0.3) is 0 Å². The number of aromatic nitrogens is 2. The second-order valence-corrected chi connectivity index (χ2v) is 11.8. The van der Waals surface area contributed by atoms with Crippen LogP contribution in [-0.4, -0.2) is 76.7 Å². The van der Waals surface area contributed by atoms with Crippen LogP contribution < -0.4 is 31.3 Å². The van der Waals surface area contributed by atoms with Gasteiger partial charge in [-0.3, -0.25) is 19.7 Å². The van der Waals surface area contributed by atoms with Gasteiger partial charge in [0.1, 0.15) is 24.4 Å². The van der Waals surface area contributed by atoms with E-state index in [4.69, 9.17) is 4.74 Å². The Morgan fingerprint density at radius 2 is 1.68 bits per heavy atom. The Morgan fingerprint density at radius 1 is 0.979 bits per heavy atom. The maximum Gasteiger partial charge on any atom is 0.244 e. The summed E-state index contributed by atoms with van der Waals surface area (Å²) in [5, 5.41) is 24.1. The lowest BCUT2D eigenvalue weighted by Gasteiger charge is -2.29. The summed E-state index contributed by atoms with van der Waals surface area (Å²) in [6.07, 6.45) is 4.11. The molecule has 0 radical (unpaired) electrons. The van der Waals surface area contributed by atoms with Gasteiger partial charge in [-0.15, -0.1) is 0 Å². The standard InChI is InChI=1S/C33H41F2N7O5/c1-19(2)28-32(46)41-26(17-39-33-37-12-7-13-38-33)30(44)36-11-6-9-22-8-4-5-10-27(22)47-18-20(3)40-25(31(45)42-28)16-21-14-23(34)29(43)24(35)15-21/h4-5,7-8,10,12-15,19-20,25-26,28,40,43H,6,9,11,16-18H2,1-3H3,(H,36,44)(H,41,46)(H,42,45)(H,37,38,39)/t20-,25+,26-,28+/m0/s1. The summed E-state index contributed by atoms with van der Waals surface area (Å²) in [5.74, 6) is -4.57. The van der Waals surface area contributed by atoms with E-state index in [2.05, 4.69) is 36.6 Å². The average Bonchev–Trinajstić information content (AvgIpc) is 3.05. The number of amides is 3. The predicted molar refractivity (Wildman–Crippen MR) is 171 cm³/mol. The third kappa shape index (κ3) is 10.1. The van der Waals surface area contributed by atoms with E-state index in [1.807, 2.05) is 24.3 Å². The molecule has 2 aromatic carbocycles. The van der Waals surface area contributed by atoms with Crippen LogP contribution in [0.25, 0.3) is 0 Å². The van der Waals surface area contributed by atoms with Gasteiger partial charge < -0.3 is 31.1 Å². The molecule has 0 aliphatic carbocycles. The number of para-hydroxylation sites is 1. The molecule has 14 heteroatoms. The Balaban J connectivity index is 1.63. The van der Waals surface area contributed by atoms with Crippen molar-refractivity contribution < 1.29 is 33.0 Å². The highest BCUT2D eigenvalue weighted by Crippen LogP contribution is 2.23. The minimum absolute atomic E-state index is 0.0311. The van der Waals surface area contributed by atoms with E-state index in [1.165, 1.54) is 12.4 Å². The average molecular weight is 654 g/mol. The smallest absolute Gasteiger partial charge is 0.244 e. The van der Waals surface area contributed by atoms with Crippen LogP contribution in [0.5, 0.6) is 11.5 Å². The first kappa shape index (κ1) is 35.0. The molecule has 0 bridgehead atoms. The quantitative estimate of drug-likeness (QED) is 0.234.